The van der Waals surface area contributed by atoms with Gasteiger partial charge in [-0.05, 0) is 19.4 Å². The van der Waals surface area contributed by atoms with Gasteiger partial charge in [0, 0.05) is 53.9 Å². The normalized spacial score (nSPS) is 18.3. The third kappa shape index (κ3) is 5.11. The molecule has 0 bridgehead atoms. The molecule has 0 spiro atoms. The molecule has 0 aliphatic carbocycles. The second-order valence-electron chi connectivity index (χ2n) is 7.64. The van der Waals surface area contributed by atoms with Gasteiger partial charge in [-0.3, -0.25) is 0 Å². The Morgan fingerprint density at radius 1 is 1.25 bits per heavy atom. The lowest BCUT2D eigenvalue weighted by atomic mass is 10.0. The van der Waals surface area contributed by atoms with Gasteiger partial charge in [-0.25, -0.2) is 14.4 Å². The number of rotatable bonds is 9. The fourth-order valence-corrected chi connectivity index (χ4v) is 3.66. The minimum absolute atomic E-state index is 0.114. The van der Waals surface area contributed by atoms with E-state index in [1.165, 1.54) is 20.3 Å². The maximum Gasteiger partial charge on any atom is 0.222 e. The third-order valence-corrected chi connectivity index (χ3v) is 5.53. The number of nitrogen functional groups attached to an aromatic ring is 1. The summed E-state index contributed by atoms with van der Waals surface area (Å²) in [5, 5.41) is 10.1. The summed E-state index contributed by atoms with van der Waals surface area (Å²) in [6.45, 7) is 9.43. The van der Waals surface area contributed by atoms with E-state index >= 15 is 4.39 Å². The molecule has 0 saturated carbocycles. The number of benzene rings is 1. The quantitative estimate of drug-likeness (QED) is 0.439. The average molecular weight is 443 g/mol. The molecule has 3 rings (SSSR count). The van der Waals surface area contributed by atoms with Crippen molar-refractivity contribution in [1.29, 1.82) is 0 Å². The lowest BCUT2D eigenvalue weighted by Crippen LogP contribution is -2.42. The Bertz CT molecular complexity index is 965. The zero-order chi connectivity index (χ0) is 23.3. The van der Waals surface area contributed by atoms with Crippen LogP contribution in [0.2, 0.25) is 0 Å². The molecule has 0 amide bonds. The summed E-state index contributed by atoms with van der Waals surface area (Å²) in [6, 6.07) is 1.95. The number of aromatic nitrogens is 2. The standard InChI is InChI=1S/C23H31FN6O2/c1-6-13(2)29-17-11-26-12-18(17)30-23-27-9-15(10-28-23)7-16(24)21-14(3)19(31-4)8-20(32-5)22(21)25/h7-10,17-18,26,29H,2,6,11-12,25H2,1,3-5H3,(H,27,28,30)/b16-7-. The lowest BCUT2D eigenvalue weighted by molar-refractivity contribution is 0.393. The van der Waals surface area contributed by atoms with E-state index < -0.39 is 5.83 Å². The van der Waals surface area contributed by atoms with Gasteiger partial charge in [0.25, 0.3) is 0 Å². The Balaban J connectivity index is 1.78. The highest BCUT2D eigenvalue weighted by Gasteiger charge is 2.27. The van der Waals surface area contributed by atoms with Crippen molar-refractivity contribution in [3.63, 3.8) is 0 Å². The van der Waals surface area contributed by atoms with Gasteiger partial charge < -0.3 is 31.2 Å². The number of ether oxygens (including phenoxy) is 2. The van der Waals surface area contributed by atoms with Crippen LogP contribution in [0, 0.1) is 6.92 Å². The van der Waals surface area contributed by atoms with Crippen LogP contribution < -0.4 is 31.2 Å². The van der Waals surface area contributed by atoms with E-state index in [0.29, 0.717) is 28.6 Å². The van der Waals surface area contributed by atoms with Gasteiger partial charge in [0.15, 0.2) is 0 Å². The van der Waals surface area contributed by atoms with Crippen LogP contribution in [0.4, 0.5) is 16.0 Å². The molecule has 1 aromatic heterocycles. The van der Waals surface area contributed by atoms with Crippen molar-refractivity contribution in [1.82, 2.24) is 20.6 Å². The number of nitrogens with two attached hydrogens (primary N) is 1. The fourth-order valence-electron chi connectivity index (χ4n) is 3.66. The number of nitrogens with one attached hydrogen (secondary N) is 3. The van der Waals surface area contributed by atoms with Crippen LogP contribution in [0.15, 0.2) is 30.7 Å². The molecule has 2 aromatic rings. The van der Waals surface area contributed by atoms with Gasteiger partial charge in [0.1, 0.15) is 17.3 Å². The Hall–Kier alpha value is -3.33. The third-order valence-electron chi connectivity index (χ3n) is 5.53. The minimum Gasteiger partial charge on any atom is -0.496 e. The van der Waals surface area contributed by atoms with Crippen molar-refractivity contribution in [2.45, 2.75) is 32.4 Å². The molecule has 32 heavy (non-hydrogen) atoms. The maximum absolute atomic E-state index is 15.2. The van der Waals surface area contributed by atoms with Crippen molar-refractivity contribution in [2.75, 3.05) is 38.4 Å². The van der Waals surface area contributed by atoms with E-state index in [4.69, 9.17) is 15.2 Å². The lowest BCUT2D eigenvalue weighted by Gasteiger charge is -2.22. The highest BCUT2D eigenvalue weighted by Crippen LogP contribution is 2.40. The molecular weight excluding hydrogens is 411 g/mol. The number of allylic oxidation sites excluding steroid dienone is 1. The van der Waals surface area contributed by atoms with Crippen LogP contribution >= 0.6 is 0 Å². The molecule has 5 N–H and O–H groups in total. The van der Waals surface area contributed by atoms with Crippen LogP contribution in [0.5, 0.6) is 11.5 Å². The van der Waals surface area contributed by atoms with Gasteiger partial charge in [-0.15, -0.1) is 0 Å². The van der Waals surface area contributed by atoms with E-state index in [0.717, 1.165) is 25.2 Å². The topological polar surface area (TPSA) is 106 Å². The number of nitrogens with zero attached hydrogens (tertiary/aromatic N) is 2. The minimum atomic E-state index is -0.524. The summed E-state index contributed by atoms with van der Waals surface area (Å²) in [5.41, 5.74) is 8.64. The number of methoxy groups -OCH3 is 2. The Kier molecular flexibility index (Phi) is 7.53. The molecule has 8 nitrogen and oxygen atoms in total. The molecule has 1 saturated heterocycles. The van der Waals surface area contributed by atoms with E-state index in [1.807, 2.05) is 0 Å². The first-order valence-electron chi connectivity index (χ1n) is 10.5. The van der Waals surface area contributed by atoms with Crippen LogP contribution in [0.1, 0.15) is 30.0 Å². The average Bonchev–Trinajstić information content (AvgIpc) is 3.21. The molecule has 2 heterocycles. The summed E-state index contributed by atoms with van der Waals surface area (Å²) >= 11 is 0. The highest BCUT2D eigenvalue weighted by atomic mass is 19.1. The molecule has 2 atom stereocenters. The van der Waals surface area contributed by atoms with Crippen molar-refractivity contribution < 1.29 is 13.9 Å². The number of hydrogen-bond acceptors (Lipinski definition) is 8. The fraction of sp³-hybridized carbons (Fsp3) is 0.391. The summed E-state index contributed by atoms with van der Waals surface area (Å²) in [4.78, 5) is 8.69. The molecular formula is C23H31FN6O2. The molecule has 1 aliphatic heterocycles. The number of halogens is 1. The molecule has 172 valence electrons. The maximum atomic E-state index is 15.2. The number of anilines is 2. The van der Waals surface area contributed by atoms with E-state index in [2.05, 4.69) is 39.4 Å². The first kappa shape index (κ1) is 23.3. The van der Waals surface area contributed by atoms with Crippen molar-refractivity contribution in [3.8, 4) is 11.5 Å². The summed E-state index contributed by atoms with van der Waals surface area (Å²) < 4.78 is 25.8. The van der Waals surface area contributed by atoms with Crippen molar-refractivity contribution in [3.05, 3.63) is 47.4 Å². The first-order chi connectivity index (χ1) is 15.4. The zero-order valence-electron chi connectivity index (χ0n) is 19.0. The van der Waals surface area contributed by atoms with Crippen LogP contribution in [-0.2, 0) is 0 Å². The highest BCUT2D eigenvalue weighted by molar-refractivity contribution is 5.87. The predicted molar refractivity (Wildman–Crippen MR) is 126 cm³/mol. The molecule has 1 fully saturated rings. The van der Waals surface area contributed by atoms with Crippen LogP contribution in [0.25, 0.3) is 11.9 Å². The molecule has 0 radical (unpaired) electrons. The van der Waals surface area contributed by atoms with Crippen LogP contribution in [0.3, 0.4) is 0 Å². The van der Waals surface area contributed by atoms with Crippen molar-refractivity contribution in [2.24, 2.45) is 0 Å². The van der Waals surface area contributed by atoms with E-state index in [1.54, 1.807) is 25.4 Å². The molecule has 9 heteroatoms. The Labute approximate surface area is 188 Å². The second kappa shape index (κ2) is 10.3. The second-order valence-corrected chi connectivity index (χ2v) is 7.64. The summed E-state index contributed by atoms with van der Waals surface area (Å²) in [6.07, 6.45) is 5.34. The first-order valence-corrected chi connectivity index (χ1v) is 10.5. The van der Waals surface area contributed by atoms with Crippen LogP contribution in [-0.4, -0.2) is 49.4 Å². The molecule has 1 aromatic carbocycles. The van der Waals surface area contributed by atoms with Gasteiger partial charge in [0.05, 0.1) is 32.0 Å². The SMILES string of the molecule is C=C(CC)NC1CNCC1Nc1ncc(/C=C(\F)c2c(C)c(OC)cc(OC)c2N)cn1. The van der Waals surface area contributed by atoms with Gasteiger partial charge >= 0.3 is 0 Å². The number of hydrogen-bond donors (Lipinski definition) is 4. The summed E-state index contributed by atoms with van der Waals surface area (Å²) in [5.74, 6) is 0.790. The van der Waals surface area contributed by atoms with Gasteiger partial charge in [-0.2, -0.15) is 0 Å². The zero-order valence-corrected chi connectivity index (χ0v) is 19.0. The molecule has 2 unspecified atom stereocenters. The van der Waals surface area contributed by atoms with Crippen molar-refractivity contribution >= 4 is 23.5 Å². The monoisotopic (exact) mass is 442 g/mol. The Morgan fingerprint density at radius 3 is 2.53 bits per heavy atom. The van der Waals surface area contributed by atoms with E-state index in [9.17, 15) is 0 Å². The summed E-state index contributed by atoms with van der Waals surface area (Å²) in [7, 11) is 2.99. The largest absolute Gasteiger partial charge is 0.496 e. The smallest absolute Gasteiger partial charge is 0.222 e. The predicted octanol–water partition coefficient (Wildman–Crippen LogP) is 3.12. The van der Waals surface area contributed by atoms with Gasteiger partial charge in [-0.1, -0.05) is 13.5 Å². The Morgan fingerprint density at radius 2 is 1.91 bits per heavy atom. The van der Waals surface area contributed by atoms with Gasteiger partial charge in [0.2, 0.25) is 5.95 Å². The molecule has 1 aliphatic rings. The van der Waals surface area contributed by atoms with E-state index in [-0.39, 0.29) is 23.3 Å².